The number of ether oxygens (including phenoxy) is 4. The number of benzene rings is 2. The molecule has 2 aliphatic rings. The van der Waals surface area contributed by atoms with E-state index in [0.717, 1.165) is 0 Å². The number of nitrogens with one attached hydrogen (secondary N) is 2. The molecule has 2 aromatic carbocycles. The minimum Gasteiger partial charge on any atom is -0.507 e. The first-order valence-electron chi connectivity index (χ1n) is 19.0. The number of amides is 4. The van der Waals surface area contributed by atoms with Crippen LogP contribution in [0.2, 0.25) is 0 Å². The molecule has 326 valence electrons. The van der Waals surface area contributed by atoms with Crippen LogP contribution in [0, 0.1) is 0 Å². The van der Waals surface area contributed by atoms with Crippen molar-refractivity contribution in [3.8, 4) is 11.5 Å². The average Bonchev–Trinajstić information content (AvgIpc) is 3.88. The molecule has 2 aliphatic heterocycles. The zero-order valence-electron chi connectivity index (χ0n) is 34.9. The van der Waals surface area contributed by atoms with Gasteiger partial charge < -0.3 is 49.6 Å². The number of aromatic hydroxyl groups is 2. The highest BCUT2D eigenvalue weighted by Gasteiger charge is 2.31. The number of rotatable bonds is 15. The van der Waals surface area contributed by atoms with E-state index in [1.54, 1.807) is 41.5 Å². The van der Waals surface area contributed by atoms with E-state index in [1.165, 1.54) is 83.9 Å². The van der Waals surface area contributed by atoms with Crippen molar-refractivity contribution in [3.63, 3.8) is 0 Å². The number of carbonyl (C=O) groups is 6. The molecule has 2 unspecified atom stereocenters. The highest BCUT2D eigenvalue weighted by atomic mass is 32.2. The van der Waals surface area contributed by atoms with E-state index in [0.29, 0.717) is 21.2 Å². The molecule has 2 aromatic rings. The minimum absolute atomic E-state index is 0.00964. The van der Waals surface area contributed by atoms with E-state index >= 15 is 0 Å². The SMILES string of the molecule is COC(=O)c1ccc(O)c(C2=NC(C(=O)NCCN(CCN(CCNC(=O)C3CSC(c4cc(C(=O)OC)ccc4O)=N3)C(=O)OC(C)(C)C)C(=O)OC(C)(C)C)CS2)c1. The molecule has 4 rings (SSSR count). The molecule has 0 spiro atoms. The second-order valence-corrected chi connectivity index (χ2v) is 17.5. The fourth-order valence-electron chi connectivity index (χ4n) is 5.56. The van der Waals surface area contributed by atoms with Crippen LogP contribution in [-0.2, 0) is 28.5 Å². The van der Waals surface area contributed by atoms with Crippen LogP contribution < -0.4 is 10.6 Å². The second kappa shape index (κ2) is 20.7. The highest BCUT2D eigenvalue weighted by molar-refractivity contribution is 8.15. The summed E-state index contributed by atoms with van der Waals surface area (Å²) in [6.45, 7) is 10.3. The van der Waals surface area contributed by atoms with E-state index in [1.807, 2.05) is 0 Å². The maximum absolute atomic E-state index is 13.4. The van der Waals surface area contributed by atoms with Crippen LogP contribution in [0.25, 0.3) is 0 Å². The topological polar surface area (TPSA) is 235 Å². The van der Waals surface area contributed by atoms with Crippen molar-refractivity contribution in [3.05, 3.63) is 58.7 Å². The van der Waals surface area contributed by atoms with E-state index in [2.05, 4.69) is 20.6 Å². The Morgan fingerprint density at radius 3 is 1.35 bits per heavy atom. The molecule has 0 radical (unpaired) electrons. The van der Waals surface area contributed by atoms with Crippen molar-refractivity contribution < 1.29 is 57.9 Å². The zero-order chi connectivity index (χ0) is 44.4. The van der Waals surface area contributed by atoms with E-state index in [-0.39, 0.29) is 73.4 Å². The fourth-order valence-corrected chi connectivity index (χ4v) is 7.69. The van der Waals surface area contributed by atoms with Gasteiger partial charge in [-0.05, 0) is 77.9 Å². The van der Waals surface area contributed by atoms with E-state index in [9.17, 15) is 39.0 Å². The van der Waals surface area contributed by atoms with Crippen LogP contribution in [0.4, 0.5) is 9.59 Å². The Hall–Kier alpha value is -5.50. The molecule has 4 amide bonds. The van der Waals surface area contributed by atoms with Gasteiger partial charge in [-0.15, -0.1) is 23.5 Å². The molecule has 2 atom stereocenters. The van der Waals surface area contributed by atoms with Gasteiger partial charge in [0.1, 0.15) is 44.9 Å². The number of aliphatic imine (C=N–C) groups is 2. The lowest BCUT2D eigenvalue weighted by molar-refractivity contribution is -0.122. The van der Waals surface area contributed by atoms with E-state index in [4.69, 9.17) is 18.9 Å². The molecule has 4 N–H and O–H groups in total. The van der Waals surface area contributed by atoms with Crippen LogP contribution in [0.3, 0.4) is 0 Å². The summed E-state index contributed by atoms with van der Waals surface area (Å²) >= 11 is 2.49. The first-order valence-corrected chi connectivity index (χ1v) is 20.9. The Kier molecular flexibility index (Phi) is 16.2. The lowest BCUT2D eigenvalue weighted by atomic mass is 10.1. The number of thioether (sulfide) groups is 2. The third-order valence-electron chi connectivity index (χ3n) is 8.51. The Morgan fingerprint density at radius 2 is 1.02 bits per heavy atom. The summed E-state index contributed by atoms with van der Waals surface area (Å²) in [5, 5.41) is 27.2. The van der Waals surface area contributed by atoms with Gasteiger partial charge in [-0.1, -0.05) is 0 Å². The molecule has 0 bridgehead atoms. The van der Waals surface area contributed by atoms with Gasteiger partial charge in [0.15, 0.2) is 0 Å². The molecule has 18 nitrogen and oxygen atoms in total. The quantitative estimate of drug-likeness (QED) is 0.147. The van der Waals surface area contributed by atoms with Gasteiger partial charge >= 0.3 is 24.1 Å². The Labute approximate surface area is 356 Å². The molecular weight excluding hydrogens is 821 g/mol. The zero-order valence-corrected chi connectivity index (χ0v) is 36.5. The third kappa shape index (κ3) is 13.5. The number of phenols is 2. The van der Waals surface area contributed by atoms with Gasteiger partial charge in [-0.2, -0.15) is 0 Å². The second-order valence-electron chi connectivity index (χ2n) is 15.5. The lowest BCUT2D eigenvalue weighted by Crippen LogP contribution is -2.48. The lowest BCUT2D eigenvalue weighted by Gasteiger charge is -2.31. The summed E-state index contributed by atoms with van der Waals surface area (Å²) < 4.78 is 20.8. The smallest absolute Gasteiger partial charge is 0.410 e. The van der Waals surface area contributed by atoms with Crippen molar-refractivity contribution in [1.29, 1.82) is 0 Å². The molecule has 0 aliphatic carbocycles. The van der Waals surface area contributed by atoms with Crippen LogP contribution >= 0.6 is 23.5 Å². The summed E-state index contributed by atoms with van der Waals surface area (Å²) in [7, 11) is 2.49. The van der Waals surface area contributed by atoms with Crippen LogP contribution in [0.15, 0.2) is 46.4 Å². The summed E-state index contributed by atoms with van der Waals surface area (Å²) in [6.07, 6.45) is -1.36. The first-order chi connectivity index (χ1) is 28.2. The predicted molar refractivity (Wildman–Crippen MR) is 226 cm³/mol. The molecule has 0 aromatic heterocycles. The van der Waals surface area contributed by atoms with E-state index < -0.39 is 59.2 Å². The number of esters is 2. The molecule has 0 saturated heterocycles. The third-order valence-corrected chi connectivity index (χ3v) is 10.7. The van der Waals surface area contributed by atoms with Crippen molar-refractivity contribution >= 4 is 69.6 Å². The number of methoxy groups -OCH3 is 2. The van der Waals surface area contributed by atoms with Gasteiger partial charge in [0.2, 0.25) is 11.8 Å². The van der Waals surface area contributed by atoms with Gasteiger partial charge in [0, 0.05) is 61.9 Å². The van der Waals surface area contributed by atoms with Crippen molar-refractivity contribution in [2.45, 2.75) is 64.8 Å². The number of nitrogens with zero attached hydrogens (tertiary/aromatic N) is 4. The molecule has 60 heavy (non-hydrogen) atoms. The summed E-state index contributed by atoms with van der Waals surface area (Å²) in [5.74, 6) is -1.66. The standard InChI is InChI=1S/C40H52N6O12S2/c1-39(2,3)57-37(53)45(15-13-41-31(49)27-21-59-33(43-27)25-19-23(35(51)55-7)9-11-29(25)47)17-18-46(38(54)58-40(4,5)6)16-14-42-32(50)28-22-60-34(44-28)26-20-24(36(52)56-8)10-12-30(26)48/h9-12,19-20,27-28,47-48H,13-18,21-22H2,1-8H3,(H,41,49)(H,42,50). The number of phenolic OH excluding ortho intramolecular Hbond substituents is 2. The van der Waals surface area contributed by atoms with Crippen molar-refractivity contribution in [1.82, 2.24) is 20.4 Å². The van der Waals surface area contributed by atoms with Gasteiger partial charge in [0.05, 0.1) is 25.3 Å². The largest absolute Gasteiger partial charge is 0.507 e. The number of hydrogen-bond donors (Lipinski definition) is 4. The highest BCUT2D eigenvalue weighted by Crippen LogP contribution is 2.31. The minimum atomic E-state index is -0.847. The van der Waals surface area contributed by atoms with Crippen molar-refractivity contribution in [2.24, 2.45) is 9.98 Å². The normalized spacial score (nSPS) is 16.2. The molecular formula is C40H52N6O12S2. The Balaban J connectivity index is 1.39. The monoisotopic (exact) mass is 872 g/mol. The summed E-state index contributed by atoms with van der Waals surface area (Å²) in [4.78, 5) is 88.8. The molecule has 0 fully saturated rings. The average molecular weight is 873 g/mol. The van der Waals surface area contributed by atoms with Crippen LogP contribution in [0.5, 0.6) is 11.5 Å². The summed E-state index contributed by atoms with van der Waals surface area (Å²) in [6, 6.07) is 6.84. The fraction of sp³-hybridized carbons (Fsp3) is 0.500. The number of carbonyl (C=O) groups excluding carboxylic acids is 6. The maximum Gasteiger partial charge on any atom is 0.410 e. The number of hydrogen-bond acceptors (Lipinski definition) is 16. The van der Waals surface area contributed by atoms with Crippen LogP contribution in [-0.4, -0.2) is 154 Å². The molecule has 20 heteroatoms. The first kappa shape index (κ1) is 47.2. The van der Waals surface area contributed by atoms with Crippen molar-refractivity contribution in [2.75, 3.05) is 65.0 Å². The predicted octanol–water partition coefficient (Wildman–Crippen LogP) is 3.80. The summed E-state index contributed by atoms with van der Waals surface area (Å²) in [5.41, 5.74) is -0.666. The van der Waals surface area contributed by atoms with Gasteiger partial charge in [-0.25, -0.2) is 19.2 Å². The Morgan fingerprint density at radius 1 is 0.650 bits per heavy atom. The Bertz CT molecular complexity index is 1870. The molecule has 2 heterocycles. The van der Waals surface area contributed by atoms with Gasteiger partial charge in [-0.3, -0.25) is 19.6 Å². The molecule has 0 saturated carbocycles. The maximum atomic E-state index is 13.4. The van der Waals surface area contributed by atoms with Gasteiger partial charge in [0.25, 0.3) is 0 Å². The van der Waals surface area contributed by atoms with Crippen LogP contribution in [0.1, 0.15) is 73.4 Å².